The van der Waals surface area contributed by atoms with Crippen molar-refractivity contribution in [2.45, 2.75) is 26.2 Å². The van der Waals surface area contributed by atoms with Gasteiger partial charge in [0.15, 0.2) is 0 Å². The minimum Gasteiger partial charge on any atom is -0.303 e. The molecule has 0 bridgehead atoms. The molecule has 76 valence electrons. The van der Waals surface area contributed by atoms with Crippen LogP contribution >= 0.6 is 0 Å². The summed E-state index contributed by atoms with van der Waals surface area (Å²) < 4.78 is 0. The predicted octanol–water partition coefficient (Wildman–Crippen LogP) is 0.0983. The quantitative estimate of drug-likeness (QED) is 0.350. The lowest BCUT2D eigenvalue weighted by Crippen LogP contribution is -2.35. The van der Waals surface area contributed by atoms with Crippen LogP contribution in [0.25, 0.3) is 0 Å². The summed E-state index contributed by atoms with van der Waals surface area (Å²) in [5, 5.41) is 0. The van der Waals surface area contributed by atoms with Crippen molar-refractivity contribution in [3.05, 3.63) is 0 Å². The number of amides is 1. The second-order valence-electron chi connectivity index (χ2n) is 3.65. The summed E-state index contributed by atoms with van der Waals surface area (Å²) in [6.07, 6.45) is 3.23. The summed E-state index contributed by atoms with van der Waals surface area (Å²) in [5.41, 5.74) is 2.15. The van der Waals surface area contributed by atoms with E-state index in [4.69, 9.17) is 5.84 Å². The largest absolute Gasteiger partial charge is 0.303 e. The molecule has 4 heteroatoms. The highest BCUT2D eigenvalue weighted by Crippen LogP contribution is 2.29. The number of carbonyl (C=O) groups is 1. The van der Waals surface area contributed by atoms with Crippen LogP contribution in [0, 0.1) is 5.92 Å². The lowest BCUT2D eigenvalue weighted by atomic mass is 10.3. The third-order valence-corrected chi connectivity index (χ3v) is 2.48. The van der Waals surface area contributed by atoms with Gasteiger partial charge in [0.05, 0.1) is 0 Å². The topological polar surface area (TPSA) is 58.4 Å². The van der Waals surface area contributed by atoms with Gasteiger partial charge in [0, 0.05) is 19.5 Å². The van der Waals surface area contributed by atoms with Crippen molar-refractivity contribution in [3.8, 4) is 0 Å². The van der Waals surface area contributed by atoms with Crippen molar-refractivity contribution in [3.63, 3.8) is 0 Å². The fourth-order valence-corrected chi connectivity index (χ4v) is 1.38. The smallest absolute Gasteiger partial charge is 0.235 e. The lowest BCUT2D eigenvalue weighted by Gasteiger charge is -2.19. The molecule has 0 aromatic carbocycles. The molecule has 0 heterocycles. The Morgan fingerprint density at radius 1 is 1.62 bits per heavy atom. The Hall–Kier alpha value is -0.610. The molecule has 13 heavy (non-hydrogen) atoms. The Morgan fingerprint density at radius 2 is 2.31 bits per heavy atom. The molecule has 1 aliphatic carbocycles. The molecule has 1 aliphatic rings. The zero-order valence-electron chi connectivity index (χ0n) is 8.25. The van der Waals surface area contributed by atoms with Crippen LogP contribution in [0.4, 0.5) is 0 Å². The van der Waals surface area contributed by atoms with E-state index in [-0.39, 0.29) is 5.91 Å². The van der Waals surface area contributed by atoms with Gasteiger partial charge in [0.25, 0.3) is 0 Å². The number of nitrogens with one attached hydrogen (secondary N) is 1. The minimum atomic E-state index is -0.0748. The molecule has 0 aliphatic heterocycles. The van der Waals surface area contributed by atoms with Gasteiger partial charge in [-0.2, -0.15) is 0 Å². The molecule has 1 saturated carbocycles. The van der Waals surface area contributed by atoms with Gasteiger partial charge in [-0.25, -0.2) is 5.84 Å². The van der Waals surface area contributed by atoms with E-state index in [1.165, 1.54) is 12.8 Å². The molecule has 0 atom stereocenters. The highest BCUT2D eigenvalue weighted by molar-refractivity contribution is 5.75. The Labute approximate surface area is 79.4 Å². The molecular formula is C9H19N3O. The Morgan fingerprint density at radius 3 is 2.77 bits per heavy atom. The number of hydrogen-bond acceptors (Lipinski definition) is 3. The average Bonchev–Trinajstić information content (AvgIpc) is 2.95. The maximum Gasteiger partial charge on any atom is 0.235 e. The first-order valence-electron chi connectivity index (χ1n) is 4.98. The van der Waals surface area contributed by atoms with E-state index in [2.05, 4.69) is 17.2 Å². The van der Waals surface area contributed by atoms with Crippen LogP contribution < -0.4 is 11.3 Å². The Bertz CT molecular complexity index is 168. The predicted molar refractivity (Wildman–Crippen MR) is 51.8 cm³/mol. The molecule has 0 unspecified atom stereocenters. The van der Waals surface area contributed by atoms with Crippen LogP contribution in [-0.4, -0.2) is 30.4 Å². The highest BCUT2D eigenvalue weighted by Gasteiger charge is 2.23. The number of rotatable bonds is 6. The average molecular weight is 185 g/mol. The monoisotopic (exact) mass is 185 g/mol. The highest BCUT2D eigenvalue weighted by atomic mass is 16.2. The molecule has 1 fully saturated rings. The maximum atomic E-state index is 10.9. The summed E-state index contributed by atoms with van der Waals surface area (Å²) in [6.45, 7) is 5.13. The molecule has 3 N–H and O–H groups in total. The Balaban J connectivity index is 2.10. The van der Waals surface area contributed by atoms with Crippen LogP contribution in [0.2, 0.25) is 0 Å². The van der Waals surface area contributed by atoms with E-state index in [0.29, 0.717) is 6.42 Å². The molecule has 0 spiro atoms. The van der Waals surface area contributed by atoms with E-state index in [0.717, 1.165) is 25.6 Å². The van der Waals surface area contributed by atoms with Crippen molar-refractivity contribution in [2.75, 3.05) is 19.6 Å². The number of hydrogen-bond donors (Lipinski definition) is 2. The number of carbonyl (C=O) groups excluding carboxylic acids is 1. The van der Waals surface area contributed by atoms with E-state index < -0.39 is 0 Å². The van der Waals surface area contributed by atoms with Gasteiger partial charge >= 0.3 is 0 Å². The summed E-state index contributed by atoms with van der Waals surface area (Å²) >= 11 is 0. The van der Waals surface area contributed by atoms with Crippen molar-refractivity contribution < 1.29 is 4.79 Å². The summed E-state index contributed by atoms with van der Waals surface area (Å²) in [6, 6.07) is 0. The minimum absolute atomic E-state index is 0.0748. The third kappa shape index (κ3) is 4.24. The van der Waals surface area contributed by atoms with E-state index in [1.807, 2.05) is 0 Å². The van der Waals surface area contributed by atoms with Gasteiger partial charge in [0.1, 0.15) is 0 Å². The van der Waals surface area contributed by atoms with Crippen molar-refractivity contribution in [2.24, 2.45) is 11.8 Å². The molecule has 4 nitrogen and oxygen atoms in total. The van der Waals surface area contributed by atoms with Crippen LogP contribution in [0.1, 0.15) is 26.2 Å². The summed E-state index contributed by atoms with van der Waals surface area (Å²) in [7, 11) is 0. The third-order valence-electron chi connectivity index (χ3n) is 2.48. The number of hydrazine groups is 1. The first-order chi connectivity index (χ1) is 6.26. The molecule has 0 saturated heterocycles. The summed E-state index contributed by atoms with van der Waals surface area (Å²) in [5.74, 6) is 5.81. The molecule has 0 aromatic rings. The van der Waals surface area contributed by atoms with E-state index in [1.54, 1.807) is 0 Å². The van der Waals surface area contributed by atoms with E-state index in [9.17, 15) is 4.79 Å². The number of nitrogens with zero attached hydrogens (tertiary/aromatic N) is 1. The van der Waals surface area contributed by atoms with Crippen molar-refractivity contribution in [1.29, 1.82) is 0 Å². The fraction of sp³-hybridized carbons (Fsp3) is 0.889. The maximum absolute atomic E-state index is 10.9. The number of nitrogens with two attached hydrogens (primary N) is 1. The van der Waals surface area contributed by atoms with Crippen LogP contribution in [-0.2, 0) is 4.79 Å². The van der Waals surface area contributed by atoms with Crippen molar-refractivity contribution in [1.82, 2.24) is 10.3 Å². The van der Waals surface area contributed by atoms with Gasteiger partial charge < -0.3 is 4.90 Å². The van der Waals surface area contributed by atoms with Crippen molar-refractivity contribution >= 4 is 5.91 Å². The second-order valence-corrected chi connectivity index (χ2v) is 3.65. The second kappa shape index (κ2) is 5.19. The first kappa shape index (κ1) is 10.5. The van der Waals surface area contributed by atoms with E-state index >= 15 is 0 Å². The van der Waals surface area contributed by atoms with Gasteiger partial charge in [-0.05, 0) is 25.3 Å². The summed E-state index contributed by atoms with van der Waals surface area (Å²) in [4.78, 5) is 13.2. The normalized spacial score (nSPS) is 16.2. The van der Waals surface area contributed by atoms with Gasteiger partial charge in [-0.1, -0.05) is 6.92 Å². The first-order valence-corrected chi connectivity index (χ1v) is 4.98. The fourth-order valence-electron chi connectivity index (χ4n) is 1.38. The molecule has 0 aromatic heterocycles. The van der Waals surface area contributed by atoms with Gasteiger partial charge in [-0.15, -0.1) is 0 Å². The van der Waals surface area contributed by atoms with Crippen LogP contribution in [0.15, 0.2) is 0 Å². The van der Waals surface area contributed by atoms with Gasteiger partial charge in [0.2, 0.25) is 5.91 Å². The zero-order chi connectivity index (χ0) is 9.68. The Kier molecular flexibility index (Phi) is 4.18. The zero-order valence-corrected chi connectivity index (χ0v) is 8.25. The standard InChI is InChI=1S/C9H19N3O/c1-2-12(7-8-3-4-8)6-5-9(13)11-10/h8H,2-7,10H2,1H3,(H,11,13). The molecule has 0 radical (unpaired) electrons. The van der Waals surface area contributed by atoms with Gasteiger partial charge in [-0.3, -0.25) is 10.2 Å². The molecule has 1 amide bonds. The molecular weight excluding hydrogens is 166 g/mol. The SMILES string of the molecule is CCN(CCC(=O)NN)CC1CC1. The lowest BCUT2D eigenvalue weighted by molar-refractivity contribution is -0.121. The van der Waals surface area contributed by atoms with Crippen LogP contribution in [0.3, 0.4) is 0 Å². The van der Waals surface area contributed by atoms with Crippen LogP contribution in [0.5, 0.6) is 0 Å². The molecule has 1 rings (SSSR count).